The first kappa shape index (κ1) is 15.3. The summed E-state index contributed by atoms with van der Waals surface area (Å²) in [7, 11) is -3.99. The minimum atomic E-state index is -3.99. The second-order valence-corrected chi connectivity index (χ2v) is 4.40. The maximum absolute atomic E-state index is 10.2. The zero-order valence-corrected chi connectivity index (χ0v) is 7.35. The van der Waals surface area contributed by atoms with Gasteiger partial charge in [0.2, 0.25) is 0 Å². The second kappa shape index (κ2) is 5.54. The number of nitrogens with one attached hydrogen (secondary N) is 1. The van der Waals surface area contributed by atoms with E-state index in [1.54, 1.807) is 13.8 Å². The van der Waals surface area contributed by atoms with Crippen molar-refractivity contribution in [1.29, 1.82) is 0 Å². The third-order valence-corrected chi connectivity index (χ3v) is 1.64. The van der Waals surface area contributed by atoms with Crippen LogP contribution in [0.2, 0.25) is 0 Å². The van der Waals surface area contributed by atoms with Crippen molar-refractivity contribution >= 4 is 39.7 Å². The molecule has 0 heterocycles. The topological polar surface area (TPSA) is 86.6 Å². The molecule has 12 heavy (non-hydrogen) atoms. The van der Waals surface area contributed by atoms with Gasteiger partial charge in [0.05, 0.1) is 6.61 Å². The Balaban J connectivity index is 0. The van der Waals surface area contributed by atoms with Crippen LogP contribution < -0.4 is 5.32 Å². The Morgan fingerprint density at radius 3 is 2.08 bits per heavy atom. The van der Waals surface area contributed by atoms with E-state index in [2.05, 4.69) is 5.32 Å². The molecule has 0 unspecified atom stereocenters. The molecule has 0 aromatic heterocycles. The van der Waals surface area contributed by atoms with Crippen molar-refractivity contribution in [1.82, 2.24) is 5.32 Å². The number of rotatable bonds is 4. The summed E-state index contributed by atoms with van der Waals surface area (Å²) in [5, 5.41) is 11.1. The van der Waals surface area contributed by atoms with Crippen LogP contribution in [0.4, 0.5) is 0 Å². The standard InChI is InChI=1S/C5H13NO4S.Na.H/c1-5(2,3-7)6-4-11(8,9)10;;/h6-7H,3-4H2,1-2H3,(H,8,9,10);;. The molecule has 0 aliphatic carbocycles. The molecule has 0 aliphatic heterocycles. The number of hydrogen-bond donors (Lipinski definition) is 3. The summed E-state index contributed by atoms with van der Waals surface area (Å²) in [5.74, 6) is -0.541. The summed E-state index contributed by atoms with van der Waals surface area (Å²) in [6.07, 6.45) is 0. The molecule has 0 bridgehead atoms. The van der Waals surface area contributed by atoms with Crippen molar-refractivity contribution in [3.8, 4) is 0 Å². The summed E-state index contributed by atoms with van der Waals surface area (Å²) >= 11 is 0. The van der Waals surface area contributed by atoms with E-state index in [1.807, 2.05) is 0 Å². The van der Waals surface area contributed by atoms with E-state index < -0.39 is 21.5 Å². The van der Waals surface area contributed by atoms with Gasteiger partial charge in [-0.2, -0.15) is 8.42 Å². The van der Waals surface area contributed by atoms with Gasteiger partial charge in [0, 0.05) is 5.54 Å². The molecule has 0 aromatic carbocycles. The molecule has 0 radical (unpaired) electrons. The second-order valence-electron chi connectivity index (χ2n) is 2.95. The first-order valence-corrected chi connectivity index (χ1v) is 4.69. The van der Waals surface area contributed by atoms with Crippen LogP contribution in [0, 0.1) is 0 Å². The Morgan fingerprint density at radius 1 is 1.42 bits per heavy atom. The fourth-order valence-corrected chi connectivity index (χ4v) is 0.916. The fraction of sp³-hybridized carbons (Fsp3) is 1.00. The Hall–Kier alpha value is 0.830. The molecule has 70 valence electrons. The molecular formula is C5H14NNaO4S. The van der Waals surface area contributed by atoms with Gasteiger partial charge >= 0.3 is 29.6 Å². The summed E-state index contributed by atoms with van der Waals surface area (Å²) in [6, 6.07) is 0. The van der Waals surface area contributed by atoms with Crippen molar-refractivity contribution in [3.63, 3.8) is 0 Å². The molecule has 0 aromatic rings. The van der Waals surface area contributed by atoms with Crippen LogP contribution in [0.3, 0.4) is 0 Å². The van der Waals surface area contributed by atoms with Gasteiger partial charge in [0.25, 0.3) is 10.1 Å². The quantitative estimate of drug-likeness (QED) is 0.387. The molecule has 0 saturated heterocycles. The molecule has 0 atom stereocenters. The van der Waals surface area contributed by atoms with Crippen molar-refractivity contribution in [2.45, 2.75) is 19.4 Å². The summed E-state index contributed by atoms with van der Waals surface area (Å²) < 4.78 is 28.7. The van der Waals surface area contributed by atoms with Crippen LogP contribution in [0.5, 0.6) is 0 Å². The van der Waals surface area contributed by atoms with E-state index in [0.717, 1.165) is 0 Å². The minimum absolute atomic E-state index is 0. The molecule has 0 spiro atoms. The van der Waals surface area contributed by atoms with Crippen LogP contribution in [0.25, 0.3) is 0 Å². The van der Waals surface area contributed by atoms with E-state index in [9.17, 15) is 8.42 Å². The van der Waals surface area contributed by atoms with Crippen LogP contribution >= 0.6 is 0 Å². The van der Waals surface area contributed by atoms with Crippen molar-refractivity contribution in [3.05, 3.63) is 0 Å². The molecule has 0 amide bonds. The van der Waals surface area contributed by atoms with E-state index in [4.69, 9.17) is 9.66 Å². The first-order chi connectivity index (χ1) is 4.77. The average Bonchev–Trinajstić information content (AvgIpc) is 1.83. The molecule has 3 N–H and O–H groups in total. The van der Waals surface area contributed by atoms with Crippen molar-refractivity contribution < 1.29 is 18.1 Å². The first-order valence-electron chi connectivity index (χ1n) is 3.08. The predicted octanol–water partition coefficient (Wildman–Crippen LogP) is -1.46. The number of hydrogen-bond acceptors (Lipinski definition) is 4. The molecular weight excluding hydrogens is 193 g/mol. The van der Waals surface area contributed by atoms with Gasteiger partial charge in [-0.25, -0.2) is 0 Å². The summed E-state index contributed by atoms with van der Waals surface area (Å²) in [6.45, 7) is 3.05. The maximum atomic E-state index is 10.2. The molecule has 0 aliphatic rings. The van der Waals surface area contributed by atoms with Gasteiger partial charge in [-0.1, -0.05) is 0 Å². The monoisotopic (exact) mass is 207 g/mol. The van der Waals surface area contributed by atoms with Gasteiger partial charge < -0.3 is 5.11 Å². The third kappa shape index (κ3) is 8.92. The molecule has 7 heteroatoms. The Labute approximate surface area is 94.6 Å². The summed E-state index contributed by atoms with van der Waals surface area (Å²) in [4.78, 5) is 0. The van der Waals surface area contributed by atoms with Crippen molar-refractivity contribution in [2.24, 2.45) is 0 Å². The fourth-order valence-electron chi connectivity index (χ4n) is 0.342. The normalized spacial score (nSPS) is 12.3. The third-order valence-electron chi connectivity index (χ3n) is 1.13. The van der Waals surface area contributed by atoms with Gasteiger partial charge in [0.15, 0.2) is 0 Å². The van der Waals surface area contributed by atoms with E-state index >= 15 is 0 Å². The van der Waals surface area contributed by atoms with Gasteiger partial charge in [-0.05, 0) is 13.8 Å². The zero-order valence-electron chi connectivity index (χ0n) is 6.53. The van der Waals surface area contributed by atoms with Gasteiger partial charge in [-0.15, -0.1) is 0 Å². The van der Waals surface area contributed by atoms with E-state index in [0.29, 0.717) is 0 Å². The molecule has 0 rings (SSSR count). The van der Waals surface area contributed by atoms with Gasteiger partial charge in [-0.3, -0.25) is 9.87 Å². The SMILES string of the molecule is CC(C)(CO)NCS(=O)(=O)O.[NaH]. The Morgan fingerprint density at radius 2 is 1.83 bits per heavy atom. The Bertz CT molecular complexity index is 213. The zero-order chi connectivity index (χ0) is 9.12. The van der Waals surface area contributed by atoms with Crippen LogP contribution in [0.15, 0.2) is 0 Å². The summed E-state index contributed by atoms with van der Waals surface area (Å²) in [5.41, 5.74) is -0.685. The molecule has 0 fully saturated rings. The average molecular weight is 207 g/mol. The molecule has 5 nitrogen and oxygen atoms in total. The van der Waals surface area contributed by atoms with Gasteiger partial charge in [0.1, 0.15) is 5.88 Å². The van der Waals surface area contributed by atoms with E-state index in [-0.39, 0.29) is 36.2 Å². The Kier molecular flexibility index (Phi) is 7.06. The van der Waals surface area contributed by atoms with Crippen molar-refractivity contribution in [2.75, 3.05) is 12.5 Å². The van der Waals surface area contributed by atoms with Crippen LogP contribution in [-0.2, 0) is 10.1 Å². The number of aliphatic hydroxyl groups excluding tert-OH is 1. The van der Waals surface area contributed by atoms with Crippen LogP contribution in [-0.4, -0.2) is 65.7 Å². The molecule has 0 saturated carbocycles. The van der Waals surface area contributed by atoms with Crippen LogP contribution in [0.1, 0.15) is 13.8 Å². The predicted molar refractivity (Wildman–Crippen MR) is 47.9 cm³/mol. The number of aliphatic hydroxyl groups is 1. The van der Waals surface area contributed by atoms with E-state index in [1.165, 1.54) is 0 Å².